The first kappa shape index (κ1) is 10.7. The van der Waals surface area contributed by atoms with Crippen molar-refractivity contribution in [1.82, 2.24) is 10.2 Å². The van der Waals surface area contributed by atoms with E-state index in [9.17, 15) is 4.79 Å². The van der Waals surface area contributed by atoms with Crippen molar-refractivity contribution in [3.63, 3.8) is 0 Å². The lowest BCUT2D eigenvalue weighted by atomic mass is 9.83. The number of nitrogens with one attached hydrogen (secondary N) is 1. The van der Waals surface area contributed by atoms with Gasteiger partial charge in [-0.3, -0.25) is 0 Å². The Labute approximate surface area is 91.0 Å². The van der Waals surface area contributed by atoms with Crippen molar-refractivity contribution in [3.05, 3.63) is 0 Å². The molecule has 1 N–H and O–H groups in total. The van der Waals surface area contributed by atoms with E-state index in [4.69, 9.17) is 4.74 Å². The number of carbonyl (C=O) groups is 1. The second-order valence-corrected chi connectivity index (χ2v) is 5.45. The minimum Gasteiger partial charge on any atom is -0.444 e. The molecule has 0 aromatic carbocycles. The van der Waals surface area contributed by atoms with Crippen LogP contribution < -0.4 is 5.32 Å². The first-order chi connectivity index (χ1) is 6.97. The SMILES string of the molecule is CC(C)(C)OC(=O)N1C[C@@H]2CCNC[C@H]21. The van der Waals surface area contributed by atoms with Gasteiger partial charge < -0.3 is 15.0 Å². The normalized spacial score (nSPS) is 30.5. The van der Waals surface area contributed by atoms with Crippen molar-refractivity contribution in [2.45, 2.75) is 38.8 Å². The molecule has 0 saturated carbocycles. The number of rotatable bonds is 0. The van der Waals surface area contributed by atoms with E-state index in [1.807, 2.05) is 25.7 Å². The van der Waals surface area contributed by atoms with Crippen molar-refractivity contribution in [2.75, 3.05) is 19.6 Å². The fourth-order valence-electron chi connectivity index (χ4n) is 2.25. The topological polar surface area (TPSA) is 41.6 Å². The van der Waals surface area contributed by atoms with Gasteiger partial charge in [-0.05, 0) is 39.7 Å². The van der Waals surface area contributed by atoms with Crippen LogP contribution in [-0.4, -0.2) is 42.3 Å². The van der Waals surface area contributed by atoms with Crippen LogP contribution in [0.5, 0.6) is 0 Å². The molecule has 2 saturated heterocycles. The van der Waals surface area contributed by atoms with Gasteiger partial charge in [0.2, 0.25) is 0 Å². The fourth-order valence-corrected chi connectivity index (χ4v) is 2.25. The number of ether oxygens (including phenoxy) is 1. The monoisotopic (exact) mass is 212 g/mol. The number of amides is 1. The summed E-state index contributed by atoms with van der Waals surface area (Å²) in [7, 11) is 0. The highest BCUT2D eigenvalue weighted by Gasteiger charge is 2.44. The van der Waals surface area contributed by atoms with Gasteiger partial charge in [0.25, 0.3) is 0 Å². The van der Waals surface area contributed by atoms with E-state index in [1.54, 1.807) is 0 Å². The Kier molecular flexibility index (Phi) is 2.63. The molecule has 0 radical (unpaired) electrons. The Morgan fingerprint density at radius 3 is 2.80 bits per heavy atom. The summed E-state index contributed by atoms with van der Waals surface area (Å²) in [5, 5.41) is 3.31. The summed E-state index contributed by atoms with van der Waals surface area (Å²) in [4.78, 5) is 13.6. The molecule has 0 aromatic heterocycles. The zero-order valence-corrected chi connectivity index (χ0v) is 9.75. The first-order valence-corrected chi connectivity index (χ1v) is 5.68. The maximum atomic E-state index is 11.8. The molecule has 4 nitrogen and oxygen atoms in total. The van der Waals surface area contributed by atoms with Gasteiger partial charge in [0.15, 0.2) is 0 Å². The Hall–Kier alpha value is -0.770. The number of carbonyl (C=O) groups excluding carboxylic acids is 1. The number of hydrogen-bond donors (Lipinski definition) is 1. The van der Waals surface area contributed by atoms with Gasteiger partial charge in [-0.15, -0.1) is 0 Å². The molecule has 86 valence electrons. The van der Waals surface area contributed by atoms with E-state index in [0.29, 0.717) is 12.0 Å². The van der Waals surface area contributed by atoms with E-state index < -0.39 is 0 Å². The highest BCUT2D eigenvalue weighted by Crippen LogP contribution is 2.30. The van der Waals surface area contributed by atoms with Crippen molar-refractivity contribution in [1.29, 1.82) is 0 Å². The Bertz CT molecular complexity index is 260. The van der Waals surface area contributed by atoms with Crippen molar-refractivity contribution < 1.29 is 9.53 Å². The molecule has 0 unspecified atom stereocenters. The molecule has 2 fully saturated rings. The molecular weight excluding hydrogens is 192 g/mol. The predicted molar refractivity (Wildman–Crippen MR) is 57.7 cm³/mol. The first-order valence-electron chi connectivity index (χ1n) is 5.68. The lowest BCUT2D eigenvalue weighted by Gasteiger charge is -2.50. The summed E-state index contributed by atoms with van der Waals surface area (Å²) < 4.78 is 5.35. The van der Waals surface area contributed by atoms with Crippen LogP contribution in [0, 0.1) is 5.92 Å². The smallest absolute Gasteiger partial charge is 0.410 e. The van der Waals surface area contributed by atoms with E-state index in [-0.39, 0.29) is 11.7 Å². The van der Waals surface area contributed by atoms with Gasteiger partial charge in [-0.2, -0.15) is 0 Å². The summed E-state index contributed by atoms with van der Waals surface area (Å²) in [5.41, 5.74) is -0.385. The Morgan fingerprint density at radius 1 is 1.47 bits per heavy atom. The molecular formula is C11H20N2O2. The quantitative estimate of drug-likeness (QED) is 0.656. The largest absolute Gasteiger partial charge is 0.444 e. The average Bonchev–Trinajstić information content (AvgIpc) is 2.03. The minimum atomic E-state index is -0.385. The van der Waals surface area contributed by atoms with E-state index in [1.165, 1.54) is 6.42 Å². The van der Waals surface area contributed by atoms with Gasteiger partial charge in [-0.1, -0.05) is 0 Å². The predicted octanol–water partition coefficient (Wildman–Crippen LogP) is 1.22. The highest BCUT2D eigenvalue weighted by molar-refractivity contribution is 5.69. The minimum absolute atomic E-state index is 0.160. The molecule has 2 aliphatic rings. The van der Waals surface area contributed by atoms with E-state index >= 15 is 0 Å². The standard InChI is InChI=1S/C11H20N2O2/c1-11(2,3)15-10(14)13-7-8-4-5-12-6-9(8)13/h8-9,12H,4-7H2,1-3H3/t8-,9+/m0/s1. The zero-order chi connectivity index (χ0) is 11.1. The number of hydrogen-bond acceptors (Lipinski definition) is 3. The lowest BCUT2D eigenvalue weighted by molar-refractivity contribution is -0.0381. The third-order valence-corrected chi connectivity index (χ3v) is 3.05. The number of nitrogens with zero attached hydrogens (tertiary/aromatic N) is 1. The fraction of sp³-hybridized carbons (Fsp3) is 0.909. The van der Waals surface area contributed by atoms with Crippen LogP contribution in [0.1, 0.15) is 27.2 Å². The van der Waals surface area contributed by atoms with Crippen LogP contribution in [0.15, 0.2) is 0 Å². The number of fused-ring (bicyclic) bond motifs is 1. The third kappa shape index (κ3) is 2.25. The second-order valence-electron chi connectivity index (χ2n) is 5.45. The maximum absolute atomic E-state index is 11.8. The van der Waals surface area contributed by atoms with Crippen LogP contribution in [0.2, 0.25) is 0 Å². The van der Waals surface area contributed by atoms with Crippen LogP contribution in [0.4, 0.5) is 4.79 Å². The molecule has 4 heteroatoms. The molecule has 0 aliphatic carbocycles. The summed E-state index contributed by atoms with van der Waals surface area (Å²) in [6.45, 7) is 8.60. The third-order valence-electron chi connectivity index (χ3n) is 3.05. The molecule has 2 aliphatic heterocycles. The molecule has 0 bridgehead atoms. The van der Waals surface area contributed by atoms with Gasteiger partial charge in [-0.25, -0.2) is 4.79 Å². The van der Waals surface area contributed by atoms with Gasteiger partial charge in [0.1, 0.15) is 5.60 Å². The van der Waals surface area contributed by atoms with Crippen LogP contribution >= 0.6 is 0 Å². The molecule has 0 spiro atoms. The molecule has 2 heterocycles. The van der Waals surface area contributed by atoms with Gasteiger partial charge >= 0.3 is 6.09 Å². The van der Waals surface area contributed by atoms with Crippen molar-refractivity contribution >= 4 is 6.09 Å². The molecule has 2 atom stereocenters. The van der Waals surface area contributed by atoms with Gasteiger partial charge in [0.05, 0.1) is 6.04 Å². The molecule has 0 aromatic rings. The van der Waals surface area contributed by atoms with E-state index in [0.717, 1.165) is 19.6 Å². The van der Waals surface area contributed by atoms with Crippen molar-refractivity contribution in [2.24, 2.45) is 5.92 Å². The number of piperidine rings is 1. The summed E-state index contributed by atoms with van der Waals surface area (Å²) in [6, 6.07) is 0.369. The highest BCUT2D eigenvalue weighted by atomic mass is 16.6. The van der Waals surface area contributed by atoms with Gasteiger partial charge in [0, 0.05) is 13.1 Å². The second kappa shape index (κ2) is 3.67. The summed E-state index contributed by atoms with van der Waals surface area (Å²) in [5.74, 6) is 0.693. The number of likely N-dealkylation sites (tertiary alicyclic amines) is 1. The van der Waals surface area contributed by atoms with Crippen LogP contribution in [-0.2, 0) is 4.74 Å². The van der Waals surface area contributed by atoms with E-state index in [2.05, 4.69) is 5.32 Å². The average molecular weight is 212 g/mol. The maximum Gasteiger partial charge on any atom is 0.410 e. The molecule has 2 rings (SSSR count). The summed E-state index contributed by atoms with van der Waals surface area (Å²) >= 11 is 0. The van der Waals surface area contributed by atoms with Crippen molar-refractivity contribution in [3.8, 4) is 0 Å². The Balaban J connectivity index is 1.88. The molecule has 1 amide bonds. The lowest BCUT2D eigenvalue weighted by Crippen LogP contribution is -2.65. The van der Waals surface area contributed by atoms with Crippen LogP contribution in [0.25, 0.3) is 0 Å². The molecule has 15 heavy (non-hydrogen) atoms. The Morgan fingerprint density at radius 2 is 2.20 bits per heavy atom. The van der Waals surface area contributed by atoms with Crippen LogP contribution in [0.3, 0.4) is 0 Å². The summed E-state index contributed by atoms with van der Waals surface area (Å²) in [6.07, 6.45) is 1.02. The zero-order valence-electron chi connectivity index (χ0n) is 9.75.